The Hall–Kier alpha value is -1.49. The fourth-order valence-corrected chi connectivity index (χ4v) is 2.87. The zero-order chi connectivity index (χ0) is 12.8. The summed E-state index contributed by atoms with van der Waals surface area (Å²) in [6.07, 6.45) is 0.912. The number of rotatable bonds is 2. The minimum Gasteiger partial charge on any atom is -0.496 e. The van der Waals surface area contributed by atoms with Crippen LogP contribution >= 0.6 is 0 Å². The van der Waals surface area contributed by atoms with Crippen LogP contribution in [0, 0.1) is 30.6 Å². The van der Waals surface area contributed by atoms with E-state index < -0.39 is 0 Å². The second-order valence-corrected chi connectivity index (χ2v) is 5.74. The number of nitriles is 1. The van der Waals surface area contributed by atoms with E-state index in [1.165, 1.54) is 5.56 Å². The molecule has 1 aliphatic rings. The number of ether oxygens (including phenoxy) is 1. The SMILES string of the molecule is COc1c(C)cc(C)cc1C1(C#N)CC1(C)C. The van der Waals surface area contributed by atoms with Crippen LogP contribution in [0.1, 0.15) is 37.0 Å². The molecular weight excluding hydrogens is 210 g/mol. The normalized spacial score (nSPS) is 25.2. The molecule has 0 aromatic heterocycles. The molecule has 1 aromatic carbocycles. The van der Waals surface area contributed by atoms with Crippen LogP contribution < -0.4 is 4.74 Å². The van der Waals surface area contributed by atoms with Crippen LogP contribution in [0.5, 0.6) is 5.75 Å². The van der Waals surface area contributed by atoms with Gasteiger partial charge < -0.3 is 4.74 Å². The van der Waals surface area contributed by atoms with Gasteiger partial charge in [-0.05, 0) is 31.2 Å². The lowest BCUT2D eigenvalue weighted by atomic mass is 9.86. The molecule has 0 amide bonds. The van der Waals surface area contributed by atoms with E-state index in [9.17, 15) is 5.26 Å². The maximum atomic E-state index is 9.54. The van der Waals surface area contributed by atoms with E-state index in [0.29, 0.717) is 0 Å². The molecule has 2 heteroatoms. The van der Waals surface area contributed by atoms with Crippen LogP contribution in [0.2, 0.25) is 0 Å². The monoisotopic (exact) mass is 229 g/mol. The zero-order valence-corrected chi connectivity index (χ0v) is 11.2. The van der Waals surface area contributed by atoms with Crippen molar-refractivity contribution < 1.29 is 4.74 Å². The first kappa shape index (κ1) is 12.0. The average Bonchev–Trinajstić information content (AvgIpc) is 2.81. The molecule has 90 valence electrons. The summed E-state index contributed by atoms with van der Waals surface area (Å²) < 4.78 is 5.50. The summed E-state index contributed by atoms with van der Waals surface area (Å²) >= 11 is 0. The summed E-state index contributed by atoms with van der Waals surface area (Å²) in [6.45, 7) is 8.40. The number of aryl methyl sites for hydroxylation is 2. The van der Waals surface area contributed by atoms with Crippen molar-refractivity contribution in [2.45, 2.75) is 39.5 Å². The summed E-state index contributed by atoms with van der Waals surface area (Å²) in [5.41, 5.74) is 3.05. The molecule has 1 saturated carbocycles. The highest BCUT2D eigenvalue weighted by Crippen LogP contribution is 2.65. The minimum absolute atomic E-state index is 0.0509. The molecule has 1 atom stereocenters. The predicted molar refractivity (Wildman–Crippen MR) is 68.2 cm³/mol. The minimum atomic E-state index is -0.366. The van der Waals surface area contributed by atoms with Gasteiger partial charge in [-0.1, -0.05) is 31.5 Å². The van der Waals surface area contributed by atoms with E-state index in [1.807, 2.05) is 6.92 Å². The van der Waals surface area contributed by atoms with Gasteiger partial charge in [0.05, 0.1) is 18.6 Å². The standard InChI is InChI=1S/C15H19NO/c1-10-6-11(2)13(17-5)12(7-10)15(9-16)8-14(15,3)4/h6-7H,8H2,1-5H3. The average molecular weight is 229 g/mol. The van der Waals surface area contributed by atoms with Crippen LogP contribution in [0.15, 0.2) is 12.1 Å². The molecule has 1 fully saturated rings. The smallest absolute Gasteiger partial charge is 0.126 e. The quantitative estimate of drug-likeness (QED) is 0.777. The zero-order valence-electron chi connectivity index (χ0n) is 11.2. The van der Waals surface area contributed by atoms with E-state index in [-0.39, 0.29) is 10.8 Å². The molecule has 1 aliphatic carbocycles. The van der Waals surface area contributed by atoms with Crippen LogP contribution in [0.3, 0.4) is 0 Å². The van der Waals surface area contributed by atoms with Crippen molar-refractivity contribution in [3.8, 4) is 11.8 Å². The number of hydrogen-bond acceptors (Lipinski definition) is 2. The first-order valence-corrected chi connectivity index (χ1v) is 5.95. The van der Waals surface area contributed by atoms with Crippen LogP contribution in [0.4, 0.5) is 0 Å². The van der Waals surface area contributed by atoms with Crippen molar-refractivity contribution in [2.75, 3.05) is 7.11 Å². The van der Waals surface area contributed by atoms with Gasteiger partial charge in [-0.2, -0.15) is 5.26 Å². The maximum Gasteiger partial charge on any atom is 0.126 e. The predicted octanol–water partition coefficient (Wildman–Crippen LogP) is 3.50. The third kappa shape index (κ3) is 1.53. The molecule has 0 heterocycles. The fourth-order valence-electron chi connectivity index (χ4n) is 2.87. The molecule has 0 aliphatic heterocycles. The van der Waals surface area contributed by atoms with E-state index in [0.717, 1.165) is 23.3 Å². The Balaban J connectivity index is 2.65. The van der Waals surface area contributed by atoms with Crippen LogP contribution in [-0.2, 0) is 5.41 Å². The third-order valence-electron chi connectivity index (χ3n) is 4.01. The summed E-state index contributed by atoms with van der Waals surface area (Å²) in [5.74, 6) is 0.878. The van der Waals surface area contributed by atoms with Gasteiger partial charge in [0.15, 0.2) is 0 Å². The van der Waals surface area contributed by atoms with E-state index in [1.54, 1.807) is 7.11 Å². The van der Waals surface area contributed by atoms with E-state index >= 15 is 0 Å². The van der Waals surface area contributed by atoms with Gasteiger partial charge in [-0.3, -0.25) is 0 Å². The van der Waals surface area contributed by atoms with Gasteiger partial charge in [-0.15, -0.1) is 0 Å². The summed E-state index contributed by atoms with van der Waals surface area (Å²) in [4.78, 5) is 0. The molecule has 17 heavy (non-hydrogen) atoms. The maximum absolute atomic E-state index is 9.54. The fraction of sp³-hybridized carbons (Fsp3) is 0.533. The number of benzene rings is 1. The Morgan fingerprint density at radius 2 is 1.88 bits per heavy atom. The number of hydrogen-bond donors (Lipinski definition) is 0. The molecular formula is C15H19NO. The molecule has 0 bridgehead atoms. The highest BCUT2D eigenvalue weighted by atomic mass is 16.5. The Morgan fingerprint density at radius 3 is 2.29 bits per heavy atom. The molecule has 0 saturated heterocycles. The second kappa shape index (κ2) is 3.50. The lowest BCUT2D eigenvalue weighted by Gasteiger charge is -2.19. The van der Waals surface area contributed by atoms with Crippen molar-refractivity contribution in [1.29, 1.82) is 5.26 Å². The lowest BCUT2D eigenvalue weighted by molar-refractivity contribution is 0.400. The summed E-state index contributed by atoms with van der Waals surface area (Å²) in [5, 5.41) is 9.54. The lowest BCUT2D eigenvalue weighted by Crippen LogP contribution is -2.14. The van der Waals surface area contributed by atoms with Crippen molar-refractivity contribution in [3.63, 3.8) is 0 Å². The molecule has 0 N–H and O–H groups in total. The Bertz CT molecular complexity index is 510. The van der Waals surface area contributed by atoms with Crippen molar-refractivity contribution in [1.82, 2.24) is 0 Å². The van der Waals surface area contributed by atoms with Gasteiger partial charge in [0.1, 0.15) is 5.75 Å². The Kier molecular flexibility index (Phi) is 2.47. The Labute approximate surface area is 103 Å². The van der Waals surface area contributed by atoms with Gasteiger partial charge in [0, 0.05) is 5.56 Å². The largest absolute Gasteiger partial charge is 0.496 e. The molecule has 1 unspecified atom stereocenters. The van der Waals surface area contributed by atoms with Gasteiger partial charge in [0.25, 0.3) is 0 Å². The van der Waals surface area contributed by atoms with Crippen molar-refractivity contribution >= 4 is 0 Å². The first-order chi connectivity index (χ1) is 7.88. The molecule has 0 spiro atoms. The molecule has 2 rings (SSSR count). The third-order valence-corrected chi connectivity index (χ3v) is 4.01. The van der Waals surface area contributed by atoms with Gasteiger partial charge >= 0.3 is 0 Å². The van der Waals surface area contributed by atoms with Crippen molar-refractivity contribution in [2.24, 2.45) is 5.41 Å². The van der Waals surface area contributed by atoms with Crippen LogP contribution in [0.25, 0.3) is 0 Å². The highest BCUT2D eigenvalue weighted by molar-refractivity contribution is 5.56. The highest BCUT2D eigenvalue weighted by Gasteiger charge is 2.64. The van der Waals surface area contributed by atoms with Gasteiger partial charge in [-0.25, -0.2) is 0 Å². The summed E-state index contributed by atoms with van der Waals surface area (Å²) in [7, 11) is 1.68. The molecule has 0 radical (unpaired) electrons. The number of methoxy groups -OCH3 is 1. The molecule has 1 aromatic rings. The first-order valence-electron chi connectivity index (χ1n) is 5.95. The Morgan fingerprint density at radius 1 is 1.29 bits per heavy atom. The van der Waals surface area contributed by atoms with E-state index in [2.05, 4.69) is 39.0 Å². The van der Waals surface area contributed by atoms with E-state index in [4.69, 9.17) is 4.74 Å². The second-order valence-electron chi connectivity index (χ2n) is 5.74. The number of nitrogens with zero attached hydrogens (tertiary/aromatic N) is 1. The summed E-state index contributed by atoms with van der Waals surface area (Å²) in [6, 6.07) is 6.71. The van der Waals surface area contributed by atoms with Crippen LogP contribution in [-0.4, -0.2) is 7.11 Å². The van der Waals surface area contributed by atoms with Gasteiger partial charge in [0.2, 0.25) is 0 Å². The topological polar surface area (TPSA) is 33.0 Å². The molecule has 2 nitrogen and oxygen atoms in total. The van der Waals surface area contributed by atoms with Crippen molar-refractivity contribution in [3.05, 3.63) is 28.8 Å².